The number of hydrogen-bond acceptors (Lipinski definition) is 3. The molecule has 1 N–H and O–H groups in total. The van der Waals surface area contributed by atoms with E-state index in [1.54, 1.807) is 6.08 Å². The third kappa shape index (κ3) is 5.01. The number of hydrogen-bond donors (Lipinski definition) is 1. The molecule has 0 aliphatic carbocycles. The summed E-state index contributed by atoms with van der Waals surface area (Å²) in [5, 5.41) is 1.24. The van der Waals surface area contributed by atoms with Crippen LogP contribution in [0.2, 0.25) is 0 Å². The van der Waals surface area contributed by atoms with Crippen molar-refractivity contribution in [3.63, 3.8) is 0 Å². The van der Waals surface area contributed by atoms with E-state index in [0.29, 0.717) is 6.54 Å². The zero-order valence-corrected chi connectivity index (χ0v) is 15.2. The maximum Gasteiger partial charge on any atom is 0.233 e. The normalized spacial score (nSPS) is 16.7. The minimum Gasteiger partial charge on any atom is -0.295 e. The average Bonchev–Trinajstić information content (AvgIpc) is 2.65. The second-order valence-corrected chi connectivity index (χ2v) is 8.10. The Morgan fingerprint density at radius 1 is 1.08 bits per heavy atom. The van der Waals surface area contributed by atoms with Gasteiger partial charge < -0.3 is 0 Å². The SMILES string of the molecule is CC(CNS(=O)(=O)C=Cc1ccccc1)N1CCc2ccccc2C1. The van der Waals surface area contributed by atoms with Crippen molar-refractivity contribution in [3.8, 4) is 0 Å². The lowest BCUT2D eigenvalue weighted by Gasteiger charge is -2.33. The van der Waals surface area contributed by atoms with Crippen LogP contribution in [0.25, 0.3) is 6.08 Å². The molecule has 0 amide bonds. The highest BCUT2D eigenvalue weighted by Crippen LogP contribution is 2.20. The van der Waals surface area contributed by atoms with E-state index in [0.717, 1.165) is 25.1 Å². The van der Waals surface area contributed by atoms with Gasteiger partial charge in [0, 0.05) is 31.1 Å². The van der Waals surface area contributed by atoms with Crippen LogP contribution in [-0.2, 0) is 23.0 Å². The van der Waals surface area contributed by atoms with Crippen molar-refractivity contribution in [2.45, 2.75) is 25.9 Å². The van der Waals surface area contributed by atoms with Crippen molar-refractivity contribution >= 4 is 16.1 Å². The largest absolute Gasteiger partial charge is 0.295 e. The minimum absolute atomic E-state index is 0.147. The smallest absolute Gasteiger partial charge is 0.233 e. The first-order valence-electron chi connectivity index (χ1n) is 8.57. The lowest BCUT2D eigenvalue weighted by atomic mass is 9.99. The molecule has 0 fully saturated rings. The number of nitrogens with zero attached hydrogens (tertiary/aromatic N) is 1. The van der Waals surface area contributed by atoms with Crippen molar-refractivity contribution in [1.82, 2.24) is 9.62 Å². The van der Waals surface area contributed by atoms with Crippen LogP contribution in [0.1, 0.15) is 23.6 Å². The summed E-state index contributed by atoms with van der Waals surface area (Å²) in [7, 11) is -3.43. The Morgan fingerprint density at radius 2 is 1.76 bits per heavy atom. The van der Waals surface area contributed by atoms with E-state index in [-0.39, 0.29) is 6.04 Å². The van der Waals surface area contributed by atoms with Gasteiger partial charge in [-0.1, -0.05) is 54.6 Å². The molecular formula is C20H24N2O2S. The van der Waals surface area contributed by atoms with E-state index in [2.05, 4.69) is 40.8 Å². The first-order chi connectivity index (χ1) is 12.0. The molecule has 0 saturated carbocycles. The maximum atomic E-state index is 12.2. The molecule has 1 atom stereocenters. The number of benzene rings is 2. The summed E-state index contributed by atoms with van der Waals surface area (Å²) >= 11 is 0. The van der Waals surface area contributed by atoms with Gasteiger partial charge in [-0.05, 0) is 36.1 Å². The molecule has 2 aromatic rings. The van der Waals surface area contributed by atoms with Gasteiger partial charge in [-0.25, -0.2) is 13.1 Å². The highest BCUT2D eigenvalue weighted by Gasteiger charge is 2.21. The van der Waals surface area contributed by atoms with Crippen molar-refractivity contribution in [2.24, 2.45) is 0 Å². The maximum absolute atomic E-state index is 12.2. The number of fused-ring (bicyclic) bond motifs is 1. The van der Waals surface area contributed by atoms with Gasteiger partial charge >= 0.3 is 0 Å². The zero-order chi connectivity index (χ0) is 17.7. The molecule has 2 aromatic carbocycles. The number of nitrogens with one attached hydrogen (secondary N) is 1. The van der Waals surface area contributed by atoms with Crippen molar-refractivity contribution < 1.29 is 8.42 Å². The molecule has 1 heterocycles. The number of rotatable bonds is 6. The van der Waals surface area contributed by atoms with Crippen LogP contribution in [0.3, 0.4) is 0 Å². The van der Waals surface area contributed by atoms with E-state index in [1.807, 2.05) is 30.3 Å². The fourth-order valence-electron chi connectivity index (χ4n) is 3.04. The van der Waals surface area contributed by atoms with Crippen LogP contribution >= 0.6 is 0 Å². The van der Waals surface area contributed by atoms with Crippen LogP contribution in [0.4, 0.5) is 0 Å². The molecule has 0 saturated heterocycles. The molecule has 25 heavy (non-hydrogen) atoms. The van der Waals surface area contributed by atoms with Gasteiger partial charge in [0.2, 0.25) is 10.0 Å². The summed E-state index contributed by atoms with van der Waals surface area (Å²) in [6.45, 7) is 4.31. The average molecular weight is 356 g/mol. The summed E-state index contributed by atoms with van der Waals surface area (Å²) in [6, 6.07) is 18.0. The molecule has 3 rings (SSSR count). The van der Waals surface area contributed by atoms with Crippen LogP contribution < -0.4 is 4.72 Å². The van der Waals surface area contributed by atoms with Gasteiger partial charge in [0.25, 0.3) is 0 Å². The fraction of sp³-hybridized carbons (Fsp3) is 0.300. The quantitative estimate of drug-likeness (QED) is 0.865. The van der Waals surface area contributed by atoms with E-state index in [4.69, 9.17) is 0 Å². The van der Waals surface area contributed by atoms with Gasteiger partial charge in [0.1, 0.15) is 0 Å². The summed E-state index contributed by atoms with van der Waals surface area (Å²) < 4.78 is 27.0. The third-order valence-electron chi connectivity index (χ3n) is 4.60. The van der Waals surface area contributed by atoms with Crippen LogP contribution in [0, 0.1) is 0 Å². The van der Waals surface area contributed by atoms with Gasteiger partial charge in [-0.15, -0.1) is 0 Å². The zero-order valence-electron chi connectivity index (χ0n) is 14.4. The standard InChI is InChI=1S/C20H24N2O2S/c1-17(22-13-11-19-9-5-6-10-20(19)16-22)15-21-25(23,24)14-12-18-7-3-2-4-8-18/h2-10,12,14,17,21H,11,13,15-16H2,1H3. The van der Waals surface area contributed by atoms with Gasteiger partial charge in [0.05, 0.1) is 0 Å². The molecule has 0 spiro atoms. The first kappa shape index (κ1) is 17.9. The summed E-state index contributed by atoms with van der Waals surface area (Å²) in [5.41, 5.74) is 3.61. The predicted octanol–water partition coefficient (Wildman–Crippen LogP) is 3.02. The fourth-order valence-corrected chi connectivity index (χ4v) is 3.95. The topological polar surface area (TPSA) is 49.4 Å². The molecule has 0 bridgehead atoms. The molecule has 1 aliphatic rings. The molecule has 1 aliphatic heterocycles. The Hall–Kier alpha value is -1.95. The van der Waals surface area contributed by atoms with Crippen molar-refractivity contribution in [3.05, 3.63) is 76.7 Å². The predicted molar refractivity (Wildman–Crippen MR) is 102 cm³/mol. The van der Waals surface area contributed by atoms with Gasteiger partial charge in [-0.3, -0.25) is 4.90 Å². The van der Waals surface area contributed by atoms with Crippen LogP contribution in [0.15, 0.2) is 60.0 Å². The molecule has 4 nitrogen and oxygen atoms in total. The third-order valence-corrected chi connectivity index (χ3v) is 5.67. The molecule has 0 radical (unpaired) electrons. The van der Waals surface area contributed by atoms with E-state index in [9.17, 15) is 8.42 Å². The Labute approximate surface area is 150 Å². The second kappa shape index (κ2) is 7.95. The molecule has 1 unspecified atom stereocenters. The number of sulfonamides is 1. The molecule has 5 heteroatoms. The Bertz CT molecular complexity index is 832. The Kier molecular flexibility index (Phi) is 5.68. The van der Waals surface area contributed by atoms with Gasteiger partial charge in [-0.2, -0.15) is 0 Å². The highest BCUT2D eigenvalue weighted by molar-refractivity contribution is 7.92. The van der Waals surface area contributed by atoms with E-state index in [1.165, 1.54) is 16.5 Å². The molecule has 132 valence electrons. The van der Waals surface area contributed by atoms with Crippen molar-refractivity contribution in [1.29, 1.82) is 0 Å². The van der Waals surface area contributed by atoms with Crippen molar-refractivity contribution in [2.75, 3.05) is 13.1 Å². The summed E-state index contributed by atoms with van der Waals surface area (Å²) in [6.07, 6.45) is 2.63. The highest BCUT2D eigenvalue weighted by atomic mass is 32.2. The summed E-state index contributed by atoms with van der Waals surface area (Å²) in [4.78, 5) is 2.33. The first-order valence-corrected chi connectivity index (χ1v) is 10.1. The molecule has 0 aromatic heterocycles. The monoisotopic (exact) mass is 356 g/mol. The summed E-state index contributed by atoms with van der Waals surface area (Å²) in [5.74, 6) is 0. The van der Waals surface area contributed by atoms with Crippen LogP contribution in [0.5, 0.6) is 0 Å². The lowest BCUT2D eigenvalue weighted by molar-refractivity contribution is 0.192. The van der Waals surface area contributed by atoms with E-state index < -0.39 is 10.0 Å². The molecular weight excluding hydrogens is 332 g/mol. The van der Waals surface area contributed by atoms with E-state index >= 15 is 0 Å². The lowest BCUT2D eigenvalue weighted by Crippen LogP contribution is -2.44. The Morgan fingerprint density at radius 3 is 2.52 bits per heavy atom. The van der Waals surface area contributed by atoms with Crippen LogP contribution in [-0.4, -0.2) is 32.4 Å². The Balaban J connectivity index is 1.55. The minimum atomic E-state index is -3.43. The van der Waals surface area contributed by atoms with Gasteiger partial charge in [0.15, 0.2) is 0 Å². The second-order valence-electron chi connectivity index (χ2n) is 6.45.